The van der Waals surface area contributed by atoms with Gasteiger partial charge in [-0.25, -0.2) is 0 Å². The molecule has 0 aromatic heterocycles. The van der Waals surface area contributed by atoms with Gasteiger partial charge in [0, 0.05) is 12.0 Å². The summed E-state index contributed by atoms with van der Waals surface area (Å²) in [6, 6.07) is 14.2. The number of carbonyl (C=O) groups excluding carboxylic acids is 1. The minimum Gasteiger partial charge on any atom is -0.294 e. The maximum absolute atomic E-state index is 12.7. The maximum Gasteiger partial charge on any atom is 0.167 e. The Bertz CT molecular complexity index is 660. The number of benzene rings is 2. The number of hydrogen-bond donors (Lipinski definition) is 0. The van der Waals surface area contributed by atoms with E-state index < -0.39 is 0 Å². The molecule has 1 nitrogen and oxygen atoms in total. The van der Waals surface area contributed by atoms with Crippen molar-refractivity contribution in [3.63, 3.8) is 0 Å². The van der Waals surface area contributed by atoms with Gasteiger partial charge in [0.15, 0.2) is 5.78 Å². The Labute approximate surface area is 128 Å². The molecule has 2 aromatic rings. The van der Waals surface area contributed by atoms with Gasteiger partial charge in [-0.1, -0.05) is 63.2 Å². The van der Waals surface area contributed by atoms with Gasteiger partial charge >= 0.3 is 0 Å². The van der Waals surface area contributed by atoms with Gasteiger partial charge in [-0.05, 0) is 41.5 Å². The molecule has 0 bridgehead atoms. The molecule has 0 heterocycles. The van der Waals surface area contributed by atoms with Gasteiger partial charge in [0.05, 0.1) is 0 Å². The number of carbonyl (C=O) groups is 1. The summed E-state index contributed by atoms with van der Waals surface area (Å²) in [5.74, 6) is 0.198. The van der Waals surface area contributed by atoms with Gasteiger partial charge in [0.1, 0.15) is 0 Å². The Morgan fingerprint density at radius 3 is 2.24 bits per heavy atom. The van der Waals surface area contributed by atoms with Crippen LogP contribution in [0, 0.1) is 13.8 Å². The van der Waals surface area contributed by atoms with Crippen LogP contribution >= 0.6 is 0 Å². The summed E-state index contributed by atoms with van der Waals surface area (Å²) in [6.45, 7) is 10.6. The molecule has 110 valence electrons. The highest BCUT2D eigenvalue weighted by Crippen LogP contribution is 2.26. The first-order valence-electron chi connectivity index (χ1n) is 7.48. The van der Waals surface area contributed by atoms with E-state index in [1.807, 2.05) is 18.2 Å². The lowest BCUT2D eigenvalue weighted by molar-refractivity contribution is 0.0991. The van der Waals surface area contributed by atoms with E-state index in [9.17, 15) is 4.79 Å². The van der Waals surface area contributed by atoms with Gasteiger partial charge in [-0.15, -0.1) is 0 Å². The molecule has 0 aliphatic heterocycles. The van der Waals surface area contributed by atoms with E-state index in [1.165, 1.54) is 11.1 Å². The first-order chi connectivity index (χ1) is 9.79. The lowest BCUT2D eigenvalue weighted by Crippen LogP contribution is -2.17. The van der Waals surface area contributed by atoms with Gasteiger partial charge in [0.2, 0.25) is 0 Å². The minimum atomic E-state index is -0.0184. The third-order valence-electron chi connectivity index (χ3n) is 3.97. The van der Waals surface area contributed by atoms with Gasteiger partial charge in [0.25, 0.3) is 0 Å². The molecule has 0 N–H and O–H groups in total. The van der Waals surface area contributed by atoms with Crippen molar-refractivity contribution >= 4 is 5.78 Å². The number of hydrogen-bond acceptors (Lipinski definition) is 1. The Hall–Kier alpha value is -1.89. The van der Waals surface area contributed by atoms with Crippen LogP contribution in [0.4, 0.5) is 0 Å². The summed E-state index contributed by atoms with van der Waals surface area (Å²) >= 11 is 0. The second-order valence-electron chi connectivity index (χ2n) is 6.81. The van der Waals surface area contributed by atoms with Gasteiger partial charge < -0.3 is 0 Å². The molecule has 0 saturated carbocycles. The van der Waals surface area contributed by atoms with Crippen LogP contribution < -0.4 is 0 Å². The highest BCUT2D eigenvalue weighted by Gasteiger charge is 2.21. The Morgan fingerprint density at radius 2 is 1.62 bits per heavy atom. The fraction of sp³-hybridized carbons (Fsp3) is 0.350. The van der Waals surface area contributed by atoms with E-state index in [-0.39, 0.29) is 11.2 Å². The van der Waals surface area contributed by atoms with Crippen molar-refractivity contribution in [3.05, 3.63) is 70.3 Å². The van der Waals surface area contributed by atoms with Gasteiger partial charge in [-0.3, -0.25) is 4.79 Å². The van der Waals surface area contributed by atoms with E-state index in [2.05, 4.69) is 58.9 Å². The zero-order valence-electron chi connectivity index (χ0n) is 13.7. The summed E-state index contributed by atoms with van der Waals surface area (Å²) < 4.78 is 0. The number of Topliss-reactive ketones (excluding diaryl/α,β-unsaturated/α-hetero) is 1. The quantitative estimate of drug-likeness (QED) is 0.721. The molecule has 0 aliphatic rings. The second-order valence-corrected chi connectivity index (χ2v) is 6.81. The molecular weight excluding hydrogens is 256 g/mol. The summed E-state index contributed by atoms with van der Waals surface area (Å²) in [6.07, 6.45) is 0.466. The average molecular weight is 280 g/mol. The zero-order chi connectivity index (χ0) is 15.6. The van der Waals surface area contributed by atoms with E-state index >= 15 is 0 Å². The summed E-state index contributed by atoms with van der Waals surface area (Å²) in [4.78, 5) is 12.7. The molecule has 2 rings (SSSR count). The standard InChI is InChI=1S/C20H24O/c1-14-10-11-16(12-15(14)2)13-19(21)17-8-6-7-9-18(17)20(3,4)5/h6-12H,13H2,1-5H3. The van der Waals surface area contributed by atoms with Crippen molar-refractivity contribution in [3.8, 4) is 0 Å². The summed E-state index contributed by atoms with van der Waals surface area (Å²) in [5, 5.41) is 0. The molecular formula is C20H24O. The van der Waals surface area contributed by atoms with Crippen molar-refractivity contribution < 1.29 is 4.79 Å². The van der Waals surface area contributed by atoms with Crippen molar-refractivity contribution in [2.45, 2.75) is 46.5 Å². The highest BCUT2D eigenvalue weighted by atomic mass is 16.1. The van der Waals surface area contributed by atoms with Crippen LogP contribution in [0.5, 0.6) is 0 Å². The Kier molecular flexibility index (Phi) is 4.32. The molecule has 0 fully saturated rings. The van der Waals surface area contributed by atoms with E-state index in [4.69, 9.17) is 0 Å². The topological polar surface area (TPSA) is 17.1 Å². The molecule has 0 radical (unpaired) electrons. The fourth-order valence-electron chi connectivity index (χ4n) is 2.57. The van der Waals surface area contributed by atoms with Crippen LogP contribution in [0.2, 0.25) is 0 Å². The van der Waals surface area contributed by atoms with Crippen molar-refractivity contribution in [1.29, 1.82) is 0 Å². The smallest absolute Gasteiger partial charge is 0.167 e. The second kappa shape index (κ2) is 5.85. The number of ketones is 1. The molecule has 2 aromatic carbocycles. The van der Waals surface area contributed by atoms with Crippen molar-refractivity contribution in [1.82, 2.24) is 0 Å². The lowest BCUT2D eigenvalue weighted by atomic mass is 9.82. The van der Waals surface area contributed by atoms with Crippen molar-refractivity contribution in [2.75, 3.05) is 0 Å². The van der Waals surface area contributed by atoms with Gasteiger partial charge in [-0.2, -0.15) is 0 Å². The van der Waals surface area contributed by atoms with Crippen LogP contribution in [0.15, 0.2) is 42.5 Å². The van der Waals surface area contributed by atoms with Crippen LogP contribution in [-0.2, 0) is 11.8 Å². The van der Waals surface area contributed by atoms with E-state index in [0.29, 0.717) is 6.42 Å². The Balaban J connectivity index is 2.31. The SMILES string of the molecule is Cc1ccc(CC(=O)c2ccccc2C(C)(C)C)cc1C. The number of rotatable bonds is 3. The Morgan fingerprint density at radius 1 is 0.952 bits per heavy atom. The van der Waals surface area contributed by atoms with Crippen molar-refractivity contribution in [2.24, 2.45) is 0 Å². The minimum absolute atomic E-state index is 0.0184. The lowest BCUT2D eigenvalue weighted by Gasteiger charge is -2.22. The molecule has 0 amide bonds. The molecule has 1 heteroatoms. The van der Waals surface area contributed by atoms with E-state index in [0.717, 1.165) is 16.7 Å². The highest BCUT2D eigenvalue weighted by molar-refractivity contribution is 5.99. The zero-order valence-corrected chi connectivity index (χ0v) is 13.7. The molecule has 21 heavy (non-hydrogen) atoms. The monoisotopic (exact) mass is 280 g/mol. The summed E-state index contributed by atoms with van der Waals surface area (Å²) in [5.41, 5.74) is 5.55. The average Bonchev–Trinajstić information content (AvgIpc) is 2.42. The molecule has 0 spiro atoms. The first kappa shape index (κ1) is 15.5. The molecule has 0 aliphatic carbocycles. The van der Waals surface area contributed by atoms with Crippen LogP contribution in [-0.4, -0.2) is 5.78 Å². The predicted molar refractivity (Wildman–Crippen MR) is 89.1 cm³/mol. The summed E-state index contributed by atoms with van der Waals surface area (Å²) in [7, 11) is 0. The van der Waals surface area contributed by atoms with Crippen LogP contribution in [0.3, 0.4) is 0 Å². The van der Waals surface area contributed by atoms with E-state index in [1.54, 1.807) is 0 Å². The third-order valence-corrected chi connectivity index (χ3v) is 3.97. The largest absolute Gasteiger partial charge is 0.294 e. The van der Waals surface area contributed by atoms with Crippen LogP contribution in [0.25, 0.3) is 0 Å². The fourth-order valence-corrected chi connectivity index (χ4v) is 2.57. The predicted octanol–water partition coefficient (Wildman–Crippen LogP) is 5.03. The number of aryl methyl sites for hydroxylation is 2. The first-order valence-corrected chi connectivity index (χ1v) is 7.48. The molecule has 0 atom stereocenters. The van der Waals surface area contributed by atoms with Crippen LogP contribution in [0.1, 0.15) is 53.4 Å². The molecule has 0 saturated heterocycles. The molecule has 0 unspecified atom stereocenters. The normalized spacial score (nSPS) is 11.5. The third kappa shape index (κ3) is 3.60. The maximum atomic E-state index is 12.7.